The van der Waals surface area contributed by atoms with E-state index in [1.165, 1.54) is 0 Å². The van der Waals surface area contributed by atoms with E-state index in [0.29, 0.717) is 0 Å². The van der Waals surface area contributed by atoms with Crippen molar-refractivity contribution in [2.75, 3.05) is 0 Å². The Hall–Kier alpha value is -0.560. The molecule has 0 spiro atoms. The van der Waals surface area contributed by atoms with Gasteiger partial charge in [0.15, 0.2) is 0 Å². The molecule has 102 valence electrons. The highest BCUT2D eigenvalue weighted by Crippen LogP contribution is 2.25. The Morgan fingerprint density at radius 1 is 1.61 bits per heavy atom. The molecule has 1 rings (SSSR count). The molecule has 0 aliphatic rings. The molecule has 0 saturated heterocycles. The van der Waals surface area contributed by atoms with Crippen LogP contribution in [0.5, 0.6) is 0 Å². The van der Waals surface area contributed by atoms with E-state index in [2.05, 4.69) is 4.72 Å². The number of hydrogen-bond acceptors (Lipinski definition) is 4. The Balaban J connectivity index is 2.64. The van der Waals surface area contributed by atoms with E-state index in [1.54, 1.807) is 11.3 Å². The first-order valence-corrected chi connectivity index (χ1v) is 7.76. The van der Waals surface area contributed by atoms with Gasteiger partial charge in [-0.1, -0.05) is 0 Å². The van der Waals surface area contributed by atoms with Gasteiger partial charge in [-0.05, 0) is 44.7 Å². The molecular formula is C12H20N2O2S2. The van der Waals surface area contributed by atoms with Crippen LogP contribution in [-0.2, 0) is 22.6 Å². The van der Waals surface area contributed by atoms with E-state index < -0.39 is 11.4 Å². The maximum Gasteiger partial charge on any atom is 0.221 e. The van der Waals surface area contributed by atoms with E-state index in [4.69, 9.17) is 5.73 Å². The first kappa shape index (κ1) is 15.5. The molecule has 0 fully saturated rings. The Bertz CT molecular complexity index is 412. The van der Waals surface area contributed by atoms with Gasteiger partial charge in [0.05, 0.1) is 12.5 Å². The highest BCUT2D eigenvalue weighted by Gasteiger charge is 2.28. The zero-order chi connectivity index (χ0) is 13.9. The quantitative estimate of drug-likeness (QED) is 0.812. The molecule has 1 heterocycles. The lowest BCUT2D eigenvalue weighted by Crippen LogP contribution is -2.40. The molecule has 0 bridgehead atoms. The van der Waals surface area contributed by atoms with Gasteiger partial charge in [0, 0.05) is 16.2 Å². The zero-order valence-electron chi connectivity index (χ0n) is 11.1. The van der Waals surface area contributed by atoms with Gasteiger partial charge in [-0.2, -0.15) is 0 Å². The predicted octanol–water partition coefficient (Wildman–Crippen LogP) is 1.89. The fourth-order valence-electron chi connectivity index (χ4n) is 1.31. The number of rotatable bonds is 5. The maximum atomic E-state index is 12.0. The Morgan fingerprint density at radius 3 is 2.72 bits per heavy atom. The molecule has 1 amide bonds. The molecule has 6 heteroatoms. The van der Waals surface area contributed by atoms with E-state index >= 15 is 0 Å². The summed E-state index contributed by atoms with van der Waals surface area (Å²) in [5.41, 5.74) is 6.06. The van der Waals surface area contributed by atoms with Crippen molar-refractivity contribution in [1.82, 2.24) is 4.72 Å². The van der Waals surface area contributed by atoms with Gasteiger partial charge in [0.25, 0.3) is 0 Å². The van der Waals surface area contributed by atoms with E-state index in [-0.39, 0.29) is 23.1 Å². The number of carbonyl (C=O) groups excluding carboxylic acids is 1. The maximum absolute atomic E-state index is 12.0. The Morgan fingerprint density at radius 2 is 2.22 bits per heavy atom. The molecule has 0 aliphatic heterocycles. The van der Waals surface area contributed by atoms with Crippen molar-refractivity contribution < 1.29 is 9.35 Å². The summed E-state index contributed by atoms with van der Waals surface area (Å²) in [5.74, 6) is -0.335. The molecular weight excluding hydrogens is 268 g/mol. The van der Waals surface area contributed by atoms with Crippen LogP contribution in [0.15, 0.2) is 11.4 Å². The monoisotopic (exact) mass is 288 g/mol. The van der Waals surface area contributed by atoms with Crippen LogP contribution in [0, 0.1) is 0 Å². The highest BCUT2D eigenvalue weighted by atomic mass is 32.2. The van der Waals surface area contributed by atoms with E-state index in [0.717, 1.165) is 10.4 Å². The van der Waals surface area contributed by atoms with Crippen LogP contribution < -0.4 is 10.5 Å². The van der Waals surface area contributed by atoms with E-state index in [9.17, 15) is 9.35 Å². The molecule has 4 nitrogen and oxygen atoms in total. The molecule has 1 aromatic rings. The van der Waals surface area contributed by atoms with Gasteiger partial charge in [0.2, 0.25) is 5.91 Å². The second-order valence-corrected chi connectivity index (χ2v) is 8.16. The predicted molar refractivity (Wildman–Crippen MR) is 76.7 cm³/mol. The molecule has 1 aromatic heterocycles. The smallest absolute Gasteiger partial charge is 0.221 e. The lowest BCUT2D eigenvalue weighted by Gasteiger charge is -2.26. The third-order valence-electron chi connectivity index (χ3n) is 2.32. The van der Waals surface area contributed by atoms with Gasteiger partial charge in [-0.3, -0.25) is 4.79 Å². The summed E-state index contributed by atoms with van der Waals surface area (Å²) in [6.07, 6.45) is 0.256. The lowest BCUT2D eigenvalue weighted by atomic mass is 10.2. The number of nitrogens with two attached hydrogens (primary N) is 1. The fourth-order valence-corrected chi connectivity index (χ4v) is 3.11. The van der Waals surface area contributed by atoms with Gasteiger partial charge in [-0.15, -0.1) is 16.1 Å². The number of thiophene rings is 1. The van der Waals surface area contributed by atoms with Crippen molar-refractivity contribution in [1.29, 1.82) is 0 Å². The van der Waals surface area contributed by atoms with Crippen LogP contribution in [0.2, 0.25) is 0 Å². The summed E-state index contributed by atoms with van der Waals surface area (Å²) in [5, 5.41) is 1.91. The van der Waals surface area contributed by atoms with Crippen LogP contribution in [0.1, 0.15) is 44.2 Å². The molecule has 0 saturated carbocycles. The minimum atomic E-state index is -1.10. The lowest BCUT2D eigenvalue weighted by molar-refractivity contribution is -0.117. The first-order valence-electron chi connectivity index (χ1n) is 5.74. The van der Waals surface area contributed by atoms with Crippen molar-refractivity contribution in [3.8, 4) is 0 Å². The van der Waals surface area contributed by atoms with Crippen LogP contribution in [0.3, 0.4) is 0 Å². The van der Waals surface area contributed by atoms with Crippen molar-refractivity contribution in [2.45, 2.75) is 44.9 Å². The second kappa shape index (κ2) is 6.06. The standard InChI is InChI=1S/C12H20N2O2S2/c1-8(14-18(16)12(2,3)4)10-5-9(7-17-10)6-11(13)15/h5,7-8,14H,6H2,1-4H3,(H2,13,15)/t8-,18?/m1/s1. The molecule has 0 radical (unpaired) electrons. The zero-order valence-corrected chi connectivity index (χ0v) is 12.8. The van der Waals surface area contributed by atoms with Gasteiger partial charge in [0.1, 0.15) is 4.75 Å². The van der Waals surface area contributed by atoms with Gasteiger partial charge < -0.3 is 10.3 Å². The number of carbonyl (C=O) groups is 1. The number of nitrogens with one attached hydrogen (secondary N) is 1. The van der Waals surface area contributed by atoms with Gasteiger partial charge in [-0.25, -0.2) is 0 Å². The van der Waals surface area contributed by atoms with Crippen molar-refractivity contribution in [3.05, 3.63) is 21.9 Å². The van der Waals surface area contributed by atoms with Crippen molar-refractivity contribution in [2.24, 2.45) is 5.73 Å². The number of hydrogen-bond donors (Lipinski definition) is 2. The Kier molecular flexibility index (Phi) is 5.21. The van der Waals surface area contributed by atoms with Crippen molar-refractivity contribution >= 4 is 28.6 Å². The van der Waals surface area contributed by atoms with Crippen LogP contribution in [0.25, 0.3) is 0 Å². The first-order chi connectivity index (χ1) is 8.20. The summed E-state index contributed by atoms with van der Waals surface area (Å²) in [7, 11) is 0. The SMILES string of the molecule is C[C@@H](N[S+]([O-])C(C)(C)C)c1cc(CC(N)=O)cs1. The van der Waals surface area contributed by atoms with Crippen LogP contribution in [0.4, 0.5) is 0 Å². The Labute approximate surface area is 115 Å². The topological polar surface area (TPSA) is 78.2 Å². The van der Waals surface area contributed by atoms with Crippen molar-refractivity contribution in [3.63, 3.8) is 0 Å². The normalized spacial score (nSPS) is 15.4. The van der Waals surface area contributed by atoms with E-state index in [1.807, 2.05) is 39.1 Å². The van der Waals surface area contributed by atoms with Gasteiger partial charge >= 0.3 is 0 Å². The molecule has 18 heavy (non-hydrogen) atoms. The third-order valence-corrected chi connectivity index (χ3v) is 5.16. The summed E-state index contributed by atoms with van der Waals surface area (Å²) in [6, 6.07) is 1.93. The largest absolute Gasteiger partial charge is 0.598 e. The second-order valence-electron chi connectivity index (χ2n) is 5.22. The molecule has 0 aliphatic carbocycles. The fraction of sp³-hybridized carbons (Fsp3) is 0.583. The number of primary amides is 1. The molecule has 2 atom stereocenters. The van der Waals surface area contributed by atoms with Crippen LogP contribution >= 0.6 is 11.3 Å². The summed E-state index contributed by atoms with van der Waals surface area (Å²) >= 11 is 0.443. The molecule has 0 aromatic carbocycles. The minimum absolute atomic E-state index is 0.00307. The molecule has 1 unspecified atom stereocenters. The van der Waals surface area contributed by atoms with Crippen LogP contribution in [-0.4, -0.2) is 15.2 Å². The number of amides is 1. The summed E-state index contributed by atoms with van der Waals surface area (Å²) < 4.78 is 14.7. The highest BCUT2D eigenvalue weighted by molar-refractivity contribution is 7.90. The summed E-state index contributed by atoms with van der Waals surface area (Å²) in [4.78, 5) is 11.9. The minimum Gasteiger partial charge on any atom is -0.598 e. The molecule has 3 N–H and O–H groups in total. The average Bonchev–Trinajstić information content (AvgIpc) is 2.63. The summed E-state index contributed by atoms with van der Waals surface area (Å²) in [6.45, 7) is 7.74. The average molecular weight is 288 g/mol. The third kappa shape index (κ3) is 4.61.